The van der Waals surface area contributed by atoms with Crippen molar-refractivity contribution in [3.63, 3.8) is 0 Å². The number of carbonyl (C=O) groups is 1. The molecular formula is C16H17BrO2. The summed E-state index contributed by atoms with van der Waals surface area (Å²) in [5.41, 5.74) is 0.665. The summed E-state index contributed by atoms with van der Waals surface area (Å²) in [4.78, 5) is 12.2. The molecule has 1 fully saturated rings. The van der Waals surface area contributed by atoms with Crippen molar-refractivity contribution in [1.29, 1.82) is 0 Å². The van der Waals surface area contributed by atoms with Crippen LogP contribution < -0.4 is 0 Å². The molecule has 1 heterocycles. The lowest BCUT2D eigenvalue weighted by Crippen LogP contribution is -2.38. The first-order valence-corrected chi connectivity index (χ1v) is 7.66. The summed E-state index contributed by atoms with van der Waals surface area (Å²) in [6, 6.07) is 8.15. The fraction of sp³-hybridized carbons (Fsp3) is 0.438. The van der Waals surface area contributed by atoms with Gasteiger partial charge >= 0.3 is 0 Å². The summed E-state index contributed by atoms with van der Waals surface area (Å²) in [5.74, 6) is 1.01. The lowest BCUT2D eigenvalue weighted by molar-refractivity contribution is -0.133. The second kappa shape index (κ2) is 5.12. The zero-order valence-corrected chi connectivity index (χ0v) is 12.4. The first-order chi connectivity index (χ1) is 9.18. The third-order valence-corrected chi connectivity index (χ3v) is 4.55. The molecule has 0 atom stereocenters. The van der Waals surface area contributed by atoms with E-state index in [0.29, 0.717) is 6.42 Å². The average molecular weight is 321 g/mol. The van der Waals surface area contributed by atoms with Crippen LogP contribution >= 0.6 is 15.9 Å². The Morgan fingerprint density at radius 3 is 2.47 bits per heavy atom. The van der Waals surface area contributed by atoms with E-state index >= 15 is 0 Å². The fourth-order valence-electron chi connectivity index (χ4n) is 2.97. The lowest BCUT2D eigenvalue weighted by Gasteiger charge is -2.32. The molecule has 100 valence electrons. The molecule has 3 heteroatoms. The summed E-state index contributed by atoms with van der Waals surface area (Å²) in [5, 5.41) is 0. The quantitative estimate of drug-likeness (QED) is 0.817. The first-order valence-electron chi connectivity index (χ1n) is 6.86. The van der Waals surface area contributed by atoms with Crippen LogP contribution in [0.25, 0.3) is 0 Å². The first kappa shape index (κ1) is 12.9. The third kappa shape index (κ3) is 2.62. The second-order valence-electron chi connectivity index (χ2n) is 5.44. The van der Waals surface area contributed by atoms with Gasteiger partial charge in [0.1, 0.15) is 5.76 Å². The van der Waals surface area contributed by atoms with Gasteiger partial charge in [-0.15, -0.1) is 0 Å². The number of rotatable bonds is 2. The highest BCUT2D eigenvalue weighted by molar-refractivity contribution is 9.10. The van der Waals surface area contributed by atoms with Gasteiger partial charge in [-0.3, -0.25) is 4.79 Å². The van der Waals surface area contributed by atoms with Crippen LogP contribution in [0.2, 0.25) is 0 Å². The van der Waals surface area contributed by atoms with Crippen molar-refractivity contribution in [1.82, 2.24) is 0 Å². The molecule has 2 aliphatic rings. The minimum Gasteiger partial charge on any atom is -0.483 e. The van der Waals surface area contributed by atoms with Gasteiger partial charge in [0, 0.05) is 17.0 Å². The number of allylic oxidation sites excluding steroid dienone is 1. The van der Waals surface area contributed by atoms with Crippen molar-refractivity contribution in [2.75, 3.05) is 0 Å². The monoisotopic (exact) mass is 320 g/mol. The van der Waals surface area contributed by atoms with E-state index in [9.17, 15) is 4.79 Å². The second-order valence-corrected chi connectivity index (χ2v) is 6.35. The molecule has 0 amide bonds. The van der Waals surface area contributed by atoms with Crippen molar-refractivity contribution in [2.24, 2.45) is 0 Å². The van der Waals surface area contributed by atoms with E-state index in [1.54, 1.807) is 6.08 Å². The fourth-order valence-corrected chi connectivity index (χ4v) is 3.23. The number of hydrogen-bond donors (Lipinski definition) is 0. The Kier molecular flexibility index (Phi) is 3.48. The number of ether oxygens (including phenoxy) is 1. The normalized spacial score (nSPS) is 21.3. The van der Waals surface area contributed by atoms with Gasteiger partial charge in [0.15, 0.2) is 5.60 Å². The molecule has 19 heavy (non-hydrogen) atoms. The maximum atomic E-state index is 12.2. The van der Waals surface area contributed by atoms with Crippen molar-refractivity contribution >= 4 is 21.7 Å². The zero-order valence-electron chi connectivity index (χ0n) is 10.8. The number of carbonyl (C=O) groups excluding carboxylic acids is 1. The maximum absolute atomic E-state index is 12.2. The van der Waals surface area contributed by atoms with Gasteiger partial charge in [-0.2, -0.15) is 0 Å². The van der Waals surface area contributed by atoms with Crippen LogP contribution in [-0.4, -0.2) is 11.4 Å². The van der Waals surface area contributed by atoms with Crippen LogP contribution in [0.3, 0.4) is 0 Å². The van der Waals surface area contributed by atoms with Crippen molar-refractivity contribution in [2.45, 2.75) is 44.1 Å². The number of halogens is 1. The molecule has 0 N–H and O–H groups in total. The molecule has 0 aromatic heterocycles. The molecular weight excluding hydrogens is 304 g/mol. The smallest absolute Gasteiger partial charge is 0.202 e. The lowest BCUT2D eigenvalue weighted by atomic mass is 9.82. The van der Waals surface area contributed by atoms with Crippen molar-refractivity contribution < 1.29 is 9.53 Å². The standard InChI is InChI=1S/C16H17BrO2/c17-13-6-4-12(5-7-13)10-14-11-15(18)16(19-14)8-2-1-3-9-16/h4-7,11H,1-3,8-10H2. The number of benzene rings is 1. The molecule has 0 radical (unpaired) electrons. The van der Waals surface area contributed by atoms with Crippen molar-refractivity contribution in [3.8, 4) is 0 Å². The van der Waals surface area contributed by atoms with E-state index in [0.717, 1.165) is 35.9 Å². The predicted molar refractivity (Wildman–Crippen MR) is 77.8 cm³/mol. The highest BCUT2D eigenvalue weighted by Gasteiger charge is 2.44. The Balaban J connectivity index is 1.72. The molecule has 0 bridgehead atoms. The highest BCUT2D eigenvalue weighted by Crippen LogP contribution is 2.39. The van der Waals surface area contributed by atoms with Crippen LogP contribution in [0.1, 0.15) is 37.7 Å². The molecule has 1 aliphatic carbocycles. The largest absolute Gasteiger partial charge is 0.483 e. The van der Waals surface area contributed by atoms with E-state index in [4.69, 9.17) is 4.74 Å². The molecule has 1 saturated carbocycles. The summed E-state index contributed by atoms with van der Waals surface area (Å²) in [7, 11) is 0. The van der Waals surface area contributed by atoms with E-state index in [2.05, 4.69) is 28.1 Å². The summed E-state index contributed by atoms with van der Waals surface area (Å²) < 4.78 is 7.10. The average Bonchev–Trinajstić information content (AvgIpc) is 2.69. The summed E-state index contributed by atoms with van der Waals surface area (Å²) >= 11 is 3.43. The molecule has 1 aromatic carbocycles. The molecule has 3 rings (SSSR count). The van der Waals surface area contributed by atoms with Crippen LogP contribution in [0.5, 0.6) is 0 Å². The Bertz CT molecular complexity index is 510. The topological polar surface area (TPSA) is 26.3 Å². The molecule has 0 saturated heterocycles. The van der Waals surface area contributed by atoms with Gasteiger partial charge < -0.3 is 4.74 Å². The Labute approximate surface area is 122 Å². The Morgan fingerprint density at radius 2 is 1.79 bits per heavy atom. The number of hydrogen-bond acceptors (Lipinski definition) is 2. The van der Waals surface area contributed by atoms with E-state index in [-0.39, 0.29) is 5.78 Å². The Hall–Kier alpha value is -1.09. The SMILES string of the molecule is O=C1C=C(Cc2ccc(Br)cc2)OC12CCCCC2. The van der Waals surface area contributed by atoms with Gasteiger partial charge in [0.2, 0.25) is 5.78 Å². The van der Waals surface area contributed by atoms with Crippen LogP contribution in [-0.2, 0) is 16.0 Å². The summed E-state index contributed by atoms with van der Waals surface area (Å²) in [6.07, 6.45) is 7.61. The van der Waals surface area contributed by atoms with Gasteiger partial charge in [-0.05, 0) is 43.4 Å². The molecule has 1 aliphatic heterocycles. The van der Waals surface area contributed by atoms with Gasteiger partial charge in [-0.25, -0.2) is 0 Å². The van der Waals surface area contributed by atoms with Gasteiger partial charge in [-0.1, -0.05) is 34.5 Å². The van der Waals surface area contributed by atoms with Gasteiger partial charge in [0.05, 0.1) is 0 Å². The molecule has 2 nitrogen and oxygen atoms in total. The summed E-state index contributed by atoms with van der Waals surface area (Å²) in [6.45, 7) is 0. The van der Waals surface area contributed by atoms with Crippen LogP contribution in [0.15, 0.2) is 40.6 Å². The Morgan fingerprint density at radius 1 is 1.11 bits per heavy atom. The molecule has 1 spiro atoms. The molecule has 0 unspecified atom stereocenters. The van der Waals surface area contributed by atoms with Crippen molar-refractivity contribution in [3.05, 3.63) is 46.1 Å². The predicted octanol–water partition coefficient (Wildman–Crippen LogP) is 4.18. The number of ketones is 1. The zero-order chi connectivity index (χ0) is 13.3. The van der Waals surface area contributed by atoms with E-state index in [1.807, 2.05) is 12.1 Å². The highest BCUT2D eigenvalue weighted by atomic mass is 79.9. The van der Waals surface area contributed by atoms with Crippen LogP contribution in [0.4, 0.5) is 0 Å². The van der Waals surface area contributed by atoms with E-state index < -0.39 is 5.60 Å². The minimum atomic E-state index is -0.511. The van der Waals surface area contributed by atoms with E-state index in [1.165, 1.54) is 12.0 Å². The minimum absolute atomic E-state index is 0.180. The third-order valence-electron chi connectivity index (χ3n) is 4.02. The van der Waals surface area contributed by atoms with Crippen LogP contribution in [0, 0.1) is 0 Å². The maximum Gasteiger partial charge on any atom is 0.202 e. The molecule has 1 aromatic rings. The van der Waals surface area contributed by atoms with Gasteiger partial charge in [0.25, 0.3) is 0 Å².